The zero-order chi connectivity index (χ0) is 15.6. The zero-order valence-corrected chi connectivity index (χ0v) is 11.9. The molecule has 1 aromatic heterocycles. The van der Waals surface area contributed by atoms with Crippen molar-refractivity contribution in [3.8, 4) is 11.4 Å². The molecule has 2 rings (SSSR count). The lowest BCUT2D eigenvalue weighted by Crippen LogP contribution is -2.03. The summed E-state index contributed by atoms with van der Waals surface area (Å²) in [5, 5.41) is 10.9. The molecule has 0 saturated carbocycles. The standard InChI is InChI=1S/C14H15N3O4/c1-9(2)16-8-12(17(19)20)15-13(16)10-4-6-11(7-5-10)14(18)21-3/h4-9H,1-3H3. The summed E-state index contributed by atoms with van der Waals surface area (Å²) in [6.45, 7) is 3.83. The number of aromatic nitrogens is 2. The molecule has 0 aliphatic heterocycles. The Kier molecular flexibility index (Phi) is 4.02. The van der Waals surface area contributed by atoms with Crippen molar-refractivity contribution < 1.29 is 14.5 Å². The number of hydrogen-bond donors (Lipinski definition) is 0. The molecule has 0 atom stereocenters. The molecular formula is C14H15N3O4. The number of benzene rings is 1. The van der Waals surface area contributed by atoms with Crippen LogP contribution in [0.25, 0.3) is 11.4 Å². The summed E-state index contributed by atoms with van der Waals surface area (Å²) in [6.07, 6.45) is 1.41. The molecule has 0 spiro atoms. The lowest BCUT2D eigenvalue weighted by Gasteiger charge is -2.08. The Morgan fingerprint density at radius 3 is 2.43 bits per heavy atom. The zero-order valence-electron chi connectivity index (χ0n) is 11.9. The molecule has 21 heavy (non-hydrogen) atoms. The van der Waals surface area contributed by atoms with Crippen LogP contribution in [0, 0.1) is 10.1 Å². The lowest BCUT2D eigenvalue weighted by atomic mass is 10.1. The predicted octanol–water partition coefficient (Wildman–Crippen LogP) is 2.83. The van der Waals surface area contributed by atoms with Gasteiger partial charge in [0.2, 0.25) is 0 Å². The Morgan fingerprint density at radius 1 is 1.33 bits per heavy atom. The monoisotopic (exact) mass is 289 g/mol. The number of nitrogens with zero attached hydrogens (tertiary/aromatic N) is 3. The molecule has 0 aliphatic rings. The highest BCUT2D eigenvalue weighted by Gasteiger charge is 2.21. The highest BCUT2D eigenvalue weighted by molar-refractivity contribution is 5.89. The first-order valence-corrected chi connectivity index (χ1v) is 6.36. The van der Waals surface area contributed by atoms with Crippen molar-refractivity contribution in [3.05, 3.63) is 46.1 Å². The maximum absolute atomic E-state index is 11.4. The highest BCUT2D eigenvalue weighted by atomic mass is 16.6. The minimum Gasteiger partial charge on any atom is -0.465 e. The molecule has 1 aromatic carbocycles. The van der Waals surface area contributed by atoms with Gasteiger partial charge in [-0.3, -0.25) is 0 Å². The molecule has 1 heterocycles. The first-order valence-electron chi connectivity index (χ1n) is 6.36. The number of methoxy groups -OCH3 is 1. The average Bonchev–Trinajstić information content (AvgIpc) is 2.92. The third-order valence-corrected chi connectivity index (χ3v) is 3.03. The number of rotatable bonds is 4. The second-order valence-corrected chi connectivity index (χ2v) is 4.75. The number of hydrogen-bond acceptors (Lipinski definition) is 5. The van der Waals surface area contributed by atoms with E-state index < -0.39 is 10.9 Å². The molecule has 0 amide bonds. The summed E-state index contributed by atoms with van der Waals surface area (Å²) in [5.74, 6) is -0.136. The van der Waals surface area contributed by atoms with Gasteiger partial charge in [-0.15, -0.1) is 0 Å². The van der Waals surface area contributed by atoms with E-state index in [1.165, 1.54) is 13.3 Å². The van der Waals surface area contributed by atoms with Crippen LogP contribution in [0.4, 0.5) is 5.82 Å². The van der Waals surface area contributed by atoms with Gasteiger partial charge < -0.3 is 19.4 Å². The van der Waals surface area contributed by atoms with E-state index in [-0.39, 0.29) is 11.9 Å². The van der Waals surface area contributed by atoms with Crippen LogP contribution in [-0.4, -0.2) is 27.6 Å². The molecule has 0 fully saturated rings. The number of esters is 1. The third-order valence-electron chi connectivity index (χ3n) is 3.03. The van der Waals surface area contributed by atoms with Crippen LogP contribution < -0.4 is 0 Å². The normalized spacial score (nSPS) is 10.7. The molecule has 0 unspecified atom stereocenters. The molecule has 2 aromatic rings. The fourth-order valence-corrected chi connectivity index (χ4v) is 1.95. The minimum absolute atomic E-state index is 0.0292. The van der Waals surface area contributed by atoms with Gasteiger partial charge in [0.05, 0.1) is 12.7 Å². The molecule has 0 N–H and O–H groups in total. The van der Waals surface area contributed by atoms with Crippen LogP contribution in [0.5, 0.6) is 0 Å². The van der Waals surface area contributed by atoms with E-state index in [0.29, 0.717) is 17.0 Å². The van der Waals surface area contributed by atoms with E-state index in [1.54, 1.807) is 28.8 Å². The second kappa shape index (κ2) is 5.74. The van der Waals surface area contributed by atoms with Crippen LogP contribution in [0.1, 0.15) is 30.2 Å². The number of ether oxygens (including phenoxy) is 1. The van der Waals surface area contributed by atoms with Crippen LogP contribution in [0.15, 0.2) is 30.5 Å². The van der Waals surface area contributed by atoms with Gasteiger partial charge in [-0.2, -0.15) is 0 Å². The van der Waals surface area contributed by atoms with Gasteiger partial charge in [0.25, 0.3) is 5.82 Å². The van der Waals surface area contributed by atoms with E-state index in [1.807, 2.05) is 13.8 Å². The van der Waals surface area contributed by atoms with Crippen LogP contribution in [0.3, 0.4) is 0 Å². The molecular weight excluding hydrogens is 274 g/mol. The third kappa shape index (κ3) is 2.91. The van der Waals surface area contributed by atoms with Crippen LogP contribution in [0.2, 0.25) is 0 Å². The topological polar surface area (TPSA) is 87.3 Å². The van der Waals surface area contributed by atoms with Crippen LogP contribution in [-0.2, 0) is 4.74 Å². The average molecular weight is 289 g/mol. The van der Waals surface area contributed by atoms with E-state index in [2.05, 4.69) is 9.72 Å². The number of nitro groups is 1. The van der Waals surface area contributed by atoms with Gasteiger partial charge in [0, 0.05) is 11.6 Å². The Morgan fingerprint density at radius 2 is 1.95 bits per heavy atom. The molecule has 0 bridgehead atoms. The summed E-state index contributed by atoms with van der Waals surface area (Å²) in [6, 6.07) is 6.62. The fraction of sp³-hybridized carbons (Fsp3) is 0.286. The fourth-order valence-electron chi connectivity index (χ4n) is 1.95. The van der Waals surface area contributed by atoms with Crippen molar-refractivity contribution >= 4 is 11.8 Å². The molecule has 7 heteroatoms. The summed E-state index contributed by atoms with van der Waals surface area (Å²) in [7, 11) is 1.31. The first kappa shape index (κ1) is 14.7. The minimum atomic E-state index is -0.523. The molecule has 0 aliphatic carbocycles. The molecule has 110 valence electrons. The molecule has 0 saturated heterocycles. The summed E-state index contributed by atoms with van der Waals surface area (Å²) >= 11 is 0. The predicted molar refractivity (Wildman–Crippen MR) is 76.0 cm³/mol. The Balaban J connectivity index is 2.45. The van der Waals surface area contributed by atoms with Gasteiger partial charge in [-0.1, -0.05) is 0 Å². The van der Waals surface area contributed by atoms with E-state index in [4.69, 9.17) is 0 Å². The Bertz CT molecular complexity index is 674. The van der Waals surface area contributed by atoms with Crippen molar-refractivity contribution in [2.45, 2.75) is 19.9 Å². The summed E-state index contributed by atoms with van der Waals surface area (Å²) in [5.41, 5.74) is 1.11. The largest absolute Gasteiger partial charge is 0.465 e. The van der Waals surface area contributed by atoms with Gasteiger partial charge in [0.15, 0.2) is 0 Å². The number of carbonyl (C=O) groups excluding carboxylic acids is 1. The van der Waals surface area contributed by atoms with Gasteiger partial charge >= 0.3 is 11.8 Å². The van der Waals surface area contributed by atoms with E-state index >= 15 is 0 Å². The second-order valence-electron chi connectivity index (χ2n) is 4.75. The Hall–Kier alpha value is -2.70. The molecule has 0 radical (unpaired) electrons. The first-order chi connectivity index (χ1) is 9.93. The van der Waals surface area contributed by atoms with Crippen molar-refractivity contribution in [2.75, 3.05) is 7.11 Å². The lowest BCUT2D eigenvalue weighted by molar-refractivity contribution is -0.389. The van der Waals surface area contributed by atoms with Gasteiger partial charge in [-0.25, -0.2) is 4.79 Å². The van der Waals surface area contributed by atoms with Crippen LogP contribution >= 0.6 is 0 Å². The number of imidazole rings is 1. The van der Waals surface area contributed by atoms with Crippen molar-refractivity contribution in [3.63, 3.8) is 0 Å². The maximum atomic E-state index is 11.4. The number of carbonyl (C=O) groups is 1. The maximum Gasteiger partial charge on any atom is 0.382 e. The van der Waals surface area contributed by atoms with E-state index in [9.17, 15) is 14.9 Å². The van der Waals surface area contributed by atoms with Crippen molar-refractivity contribution in [1.82, 2.24) is 9.55 Å². The summed E-state index contributed by atoms with van der Waals surface area (Å²) < 4.78 is 6.36. The van der Waals surface area contributed by atoms with Gasteiger partial charge in [0.1, 0.15) is 6.20 Å². The summed E-state index contributed by atoms with van der Waals surface area (Å²) in [4.78, 5) is 25.8. The van der Waals surface area contributed by atoms with Gasteiger partial charge in [-0.05, 0) is 48.0 Å². The van der Waals surface area contributed by atoms with Crippen molar-refractivity contribution in [1.29, 1.82) is 0 Å². The van der Waals surface area contributed by atoms with E-state index in [0.717, 1.165) is 0 Å². The SMILES string of the molecule is COC(=O)c1ccc(-c2nc([N+](=O)[O-])cn2C(C)C)cc1. The van der Waals surface area contributed by atoms with Crippen molar-refractivity contribution in [2.24, 2.45) is 0 Å². The Labute approximate surface area is 121 Å². The quantitative estimate of drug-likeness (QED) is 0.490. The highest BCUT2D eigenvalue weighted by Crippen LogP contribution is 2.26. The molecule has 7 nitrogen and oxygen atoms in total. The smallest absolute Gasteiger partial charge is 0.382 e.